The fourth-order valence-corrected chi connectivity index (χ4v) is 2.20. The number of benzene rings is 1. The number of rotatable bonds is 3. The van der Waals surface area contributed by atoms with Crippen molar-refractivity contribution in [1.29, 1.82) is 0 Å². The molecule has 1 aromatic carbocycles. The van der Waals surface area contributed by atoms with Crippen molar-refractivity contribution in [2.75, 3.05) is 0 Å². The van der Waals surface area contributed by atoms with Gasteiger partial charge in [-0.3, -0.25) is 0 Å². The van der Waals surface area contributed by atoms with Gasteiger partial charge in [-0.15, -0.1) is 0 Å². The van der Waals surface area contributed by atoms with Crippen molar-refractivity contribution < 1.29 is 5.11 Å². The molecule has 0 heterocycles. The van der Waals surface area contributed by atoms with Crippen molar-refractivity contribution in [3.63, 3.8) is 0 Å². The van der Waals surface area contributed by atoms with Gasteiger partial charge in [0.2, 0.25) is 0 Å². The second kappa shape index (κ2) is 4.73. The van der Waals surface area contributed by atoms with E-state index in [0.717, 1.165) is 11.1 Å². The predicted octanol–water partition coefficient (Wildman–Crippen LogP) is 4.67. The van der Waals surface area contributed by atoms with Crippen LogP contribution in [0.4, 0.5) is 0 Å². The number of phenols is 1. The summed E-state index contributed by atoms with van der Waals surface area (Å²) in [6.07, 6.45) is 0. The lowest BCUT2D eigenvalue weighted by atomic mass is 9.84. The Labute approximate surface area is 98.8 Å². The third kappa shape index (κ3) is 2.29. The minimum absolute atomic E-state index is 0.348. The molecule has 16 heavy (non-hydrogen) atoms. The summed E-state index contributed by atoms with van der Waals surface area (Å²) in [6, 6.07) is 3.81. The molecule has 0 saturated carbocycles. The van der Waals surface area contributed by atoms with Gasteiger partial charge in [0.15, 0.2) is 0 Å². The van der Waals surface area contributed by atoms with Crippen LogP contribution < -0.4 is 0 Å². The number of aromatic hydroxyl groups is 1. The van der Waals surface area contributed by atoms with E-state index in [-0.39, 0.29) is 0 Å². The van der Waals surface area contributed by atoms with Gasteiger partial charge in [-0.05, 0) is 41.5 Å². The lowest BCUT2D eigenvalue weighted by Crippen LogP contribution is -2.03. The van der Waals surface area contributed by atoms with Crippen LogP contribution in [0.1, 0.15) is 63.1 Å². The highest BCUT2D eigenvalue weighted by atomic mass is 16.3. The third-order valence-electron chi connectivity index (χ3n) is 2.88. The van der Waals surface area contributed by atoms with Gasteiger partial charge in [0, 0.05) is 5.56 Å². The molecule has 0 aliphatic rings. The molecule has 0 fully saturated rings. The van der Waals surface area contributed by atoms with Crippen molar-refractivity contribution in [3.05, 3.63) is 35.4 Å². The molecule has 0 radical (unpaired) electrons. The van der Waals surface area contributed by atoms with Crippen LogP contribution in [0.3, 0.4) is 0 Å². The van der Waals surface area contributed by atoms with Gasteiger partial charge in [0.1, 0.15) is 5.75 Å². The first-order valence-electron chi connectivity index (χ1n) is 5.87. The van der Waals surface area contributed by atoms with Crippen molar-refractivity contribution in [3.8, 4) is 5.75 Å². The van der Waals surface area contributed by atoms with E-state index >= 15 is 0 Å². The van der Waals surface area contributed by atoms with Crippen LogP contribution in [0.5, 0.6) is 5.75 Å². The first kappa shape index (κ1) is 12.8. The molecule has 1 rings (SSSR count). The lowest BCUT2D eigenvalue weighted by Gasteiger charge is -2.21. The summed E-state index contributed by atoms with van der Waals surface area (Å²) in [5.41, 5.74) is 4.42. The molecule has 0 aromatic heterocycles. The van der Waals surface area contributed by atoms with E-state index in [0.29, 0.717) is 17.6 Å². The molecule has 0 aliphatic carbocycles. The van der Waals surface area contributed by atoms with E-state index in [1.165, 1.54) is 11.1 Å². The summed E-state index contributed by atoms with van der Waals surface area (Å²) in [4.78, 5) is 0. The largest absolute Gasteiger partial charge is 0.507 e. The van der Waals surface area contributed by atoms with Crippen LogP contribution in [0.15, 0.2) is 18.7 Å². The van der Waals surface area contributed by atoms with Gasteiger partial charge in [-0.2, -0.15) is 0 Å². The zero-order valence-corrected chi connectivity index (χ0v) is 11.0. The second-order valence-corrected chi connectivity index (χ2v) is 5.05. The van der Waals surface area contributed by atoms with Crippen molar-refractivity contribution in [2.24, 2.45) is 0 Å². The quantitative estimate of drug-likeness (QED) is 0.781. The van der Waals surface area contributed by atoms with Crippen LogP contribution in [0.2, 0.25) is 0 Å². The molecule has 0 bridgehead atoms. The smallest absolute Gasteiger partial charge is 0.123 e. The summed E-state index contributed by atoms with van der Waals surface area (Å²) in [5.74, 6) is 1.22. The van der Waals surface area contributed by atoms with Gasteiger partial charge in [-0.25, -0.2) is 0 Å². The summed E-state index contributed by atoms with van der Waals surface area (Å²) >= 11 is 0. The number of hydrogen-bond acceptors (Lipinski definition) is 1. The highest BCUT2D eigenvalue weighted by molar-refractivity contribution is 5.72. The maximum atomic E-state index is 9.96. The Morgan fingerprint density at radius 1 is 1.12 bits per heavy atom. The van der Waals surface area contributed by atoms with Gasteiger partial charge >= 0.3 is 0 Å². The van der Waals surface area contributed by atoms with Crippen LogP contribution in [-0.4, -0.2) is 5.11 Å². The minimum Gasteiger partial charge on any atom is -0.507 e. The Hall–Kier alpha value is -1.24. The molecule has 0 aliphatic heterocycles. The lowest BCUT2D eigenvalue weighted by molar-refractivity contribution is 0.471. The Balaban J connectivity index is 3.56. The first-order chi connectivity index (χ1) is 7.36. The molecule has 0 saturated heterocycles. The average Bonchev–Trinajstić information content (AvgIpc) is 2.15. The highest BCUT2D eigenvalue weighted by Gasteiger charge is 2.17. The monoisotopic (exact) mass is 218 g/mol. The summed E-state index contributed by atoms with van der Waals surface area (Å²) < 4.78 is 0. The maximum absolute atomic E-state index is 9.96. The number of allylic oxidation sites excluding steroid dienone is 1. The Morgan fingerprint density at radius 3 is 2.06 bits per heavy atom. The Kier molecular flexibility index (Phi) is 3.79. The molecular weight excluding hydrogens is 196 g/mol. The predicted molar refractivity (Wildman–Crippen MR) is 71.0 cm³/mol. The van der Waals surface area contributed by atoms with Crippen LogP contribution in [0.25, 0.3) is 5.57 Å². The zero-order valence-electron chi connectivity index (χ0n) is 11.0. The topological polar surface area (TPSA) is 20.2 Å². The van der Waals surface area contributed by atoms with E-state index in [4.69, 9.17) is 0 Å². The van der Waals surface area contributed by atoms with Crippen molar-refractivity contribution >= 4 is 5.57 Å². The summed E-state index contributed by atoms with van der Waals surface area (Å²) in [7, 11) is 0. The Bertz CT molecular complexity index is 400. The van der Waals surface area contributed by atoms with E-state index in [1.807, 2.05) is 13.0 Å². The SMILES string of the molecule is C=C(C)c1c(O)ccc(C(C)C)c1C(C)C. The molecule has 0 amide bonds. The number of hydrogen-bond donors (Lipinski definition) is 1. The second-order valence-electron chi connectivity index (χ2n) is 5.05. The molecular formula is C15H22O. The van der Waals surface area contributed by atoms with Crippen molar-refractivity contribution in [2.45, 2.75) is 46.5 Å². The Morgan fingerprint density at radius 2 is 1.69 bits per heavy atom. The van der Waals surface area contributed by atoms with Gasteiger partial charge in [0.25, 0.3) is 0 Å². The van der Waals surface area contributed by atoms with E-state index in [2.05, 4.69) is 34.3 Å². The molecule has 88 valence electrons. The van der Waals surface area contributed by atoms with Crippen LogP contribution in [0, 0.1) is 0 Å². The molecule has 1 heteroatoms. The fourth-order valence-electron chi connectivity index (χ4n) is 2.20. The average molecular weight is 218 g/mol. The van der Waals surface area contributed by atoms with Gasteiger partial charge in [0.05, 0.1) is 0 Å². The molecule has 1 aromatic rings. The molecule has 0 unspecified atom stereocenters. The molecule has 1 nitrogen and oxygen atoms in total. The van der Waals surface area contributed by atoms with E-state index in [1.54, 1.807) is 6.07 Å². The van der Waals surface area contributed by atoms with Gasteiger partial charge in [-0.1, -0.05) is 40.3 Å². The standard InChI is InChI=1S/C15H22O/c1-9(2)12-7-8-13(16)15(11(5)6)14(12)10(3)4/h7-10,16H,5H2,1-4,6H3. The zero-order chi connectivity index (χ0) is 12.5. The summed E-state index contributed by atoms with van der Waals surface area (Å²) in [5, 5.41) is 9.96. The van der Waals surface area contributed by atoms with Crippen LogP contribution in [-0.2, 0) is 0 Å². The fraction of sp³-hybridized carbons (Fsp3) is 0.467. The third-order valence-corrected chi connectivity index (χ3v) is 2.88. The van der Waals surface area contributed by atoms with E-state index in [9.17, 15) is 5.11 Å². The number of phenolic OH excluding ortho intramolecular Hbond substituents is 1. The minimum atomic E-state index is 0.348. The summed E-state index contributed by atoms with van der Waals surface area (Å²) in [6.45, 7) is 14.6. The molecule has 0 atom stereocenters. The molecule has 1 N–H and O–H groups in total. The normalized spacial score (nSPS) is 11.2. The maximum Gasteiger partial charge on any atom is 0.123 e. The van der Waals surface area contributed by atoms with Crippen molar-refractivity contribution in [1.82, 2.24) is 0 Å². The van der Waals surface area contributed by atoms with Gasteiger partial charge < -0.3 is 5.11 Å². The molecule has 0 spiro atoms. The van der Waals surface area contributed by atoms with Crippen LogP contribution >= 0.6 is 0 Å². The van der Waals surface area contributed by atoms with E-state index < -0.39 is 0 Å². The first-order valence-corrected chi connectivity index (χ1v) is 5.87. The highest BCUT2D eigenvalue weighted by Crippen LogP contribution is 2.37.